The van der Waals surface area contributed by atoms with Crippen LogP contribution in [0.4, 0.5) is 0 Å². The second-order valence-corrected chi connectivity index (χ2v) is 4.96. The van der Waals surface area contributed by atoms with Gasteiger partial charge in [0, 0.05) is 6.04 Å². The summed E-state index contributed by atoms with van der Waals surface area (Å²) >= 11 is 0. The number of halogens is 1. The summed E-state index contributed by atoms with van der Waals surface area (Å²) in [5, 5.41) is 9.01. The summed E-state index contributed by atoms with van der Waals surface area (Å²) < 4.78 is 0. The highest BCUT2D eigenvalue weighted by Gasteiger charge is 2.05. The van der Waals surface area contributed by atoms with Gasteiger partial charge in [-0.05, 0) is 41.7 Å². The van der Waals surface area contributed by atoms with Crippen LogP contribution in [-0.4, -0.2) is 17.1 Å². The molecule has 0 aromatic heterocycles. The van der Waals surface area contributed by atoms with E-state index in [0.29, 0.717) is 5.56 Å². The molecule has 0 fully saturated rings. The molecule has 0 saturated heterocycles. The number of rotatable bonds is 5. The zero-order valence-electron chi connectivity index (χ0n) is 12.0. The third-order valence-electron chi connectivity index (χ3n) is 3.42. The van der Waals surface area contributed by atoms with E-state index in [1.807, 2.05) is 18.2 Å². The Morgan fingerprint density at radius 2 is 1.81 bits per heavy atom. The third kappa shape index (κ3) is 4.59. The molecule has 4 heteroatoms. The van der Waals surface area contributed by atoms with Crippen molar-refractivity contribution in [3.63, 3.8) is 0 Å². The van der Waals surface area contributed by atoms with Crippen LogP contribution in [0, 0.1) is 0 Å². The molecule has 2 rings (SSSR count). The number of hydrogen-bond donors (Lipinski definition) is 2. The zero-order chi connectivity index (χ0) is 14.5. The van der Waals surface area contributed by atoms with E-state index in [9.17, 15) is 4.79 Å². The van der Waals surface area contributed by atoms with Crippen LogP contribution < -0.4 is 5.73 Å². The van der Waals surface area contributed by atoms with Crippen molar-refractivity contribution in [1.82, 2.24) is 0 Å². The van der Waals surface area contributed by atoms with Crippen LogP contribution in [0.15, 0.2) is 48.5 Å². The Bertz CT molecular complexity index is 596. The Morgan fingerprint density at radius 1 is 1.14 bits per heavy atom. The number of carbonyl (C=O) groups is 1. The largest absolute Gasteiger partial charge is 0.478 e. The lowest BCUT2D eigenvalue weighted by atomic mass is 9.99. The monoisotopic (exact) mass is 305 g/mol. The lowest BCUT2D eigenvalue weighted by molar-refractivity contribution is 0.0697. The minimum absolute atomic E-state index is 0. The molecular weight excluding hydrogens is 286 g/mol. The second kappa shape index (κ2) is 7.81. The van der Waals surface area contributed by atoms with Crippen LogP contribution in [-0.2, 0) is 6.42 Å². The van der Waals surface area contributed by atoms with Crippen molar-refractivity contribution in [2.45, 2.75) is 25.8 Å². The summed E-state index contributed by atoms with van der Waals surface area (Å²) in [6.07, 6.45) is 1.83. The molecule has 1 unspecified atom stereocenters. The summed E-state index contributed by atoms with van der Waals surface area (Å²) in [6.45, 7) is 2.08. The fraction of sp³-hybridized carbons (Fsp3) is 0.235. The predicted octanol–water partition coefficient (Wildman–Crippen LogP) is 3.75. The number of nitrogens with two attached hydrogens (primary N) is 1. The van der Waals surface area contributed by atoms with Gasteiger partial charge in [-0.3, -0.25) is 0 Å². The molecule has 3 nitrogen and oxygen atoms in total. The van der Waals surface area contributed by atoms with Crippen LogP contribution >= 0.6 is 12.4 Å². The summed E-state index contributed by atoms with van der Waals surface area (Å²) in [4.78, 5) is 11.0. The zero-order valence-corrected chi connectivity index (χ0v) is 12.8. The SMILES string of the molecule is CCC(N)Cc1ccc(-c2cccc(C(=O)O)c2)cc1.Cl. The molecule has 3 N–H and O–H groups in total. The van der Waals surface area contributed by atoms with Crippen LogP contribution in [0.25, 0.3) is 11.1 Å². The highest BCUT2D eigenvalue weighted by molar-refractivity contribution is 5.89. The van der Waals surface area contributed by atoms with Crippen LogP contribution in [0.2, 0.25) is 0 Å². The maximum atomic E-state index is 11.0. The molecule has 112 valence electrons. The lowest BCUT2D eigenvalue weighted by Crippen LogP contribution is -2.21. The second-order valence-electron chi connectivity index (χ2n) is 4.96. The van der Waals surface area contributed by atoms with E-state index in [-0.39, 0.29) is 18.4 Å². The van der Waals surface area contributed by atoms with Crippen molar-refractivity contribution in [2.24, 2.45) is 5.73 Å². The molecule has 0 amide bonds. The van der Waals surface area contributed by atoms with Gasteiger partial charge < -0.3 is 10.8 Å². The fourth-order valence-electron chi connectivity index (χ4n) is 2.11. The molecule has 0 heterocycles. The molecule has 0 aliphatic carbocycles. The van der Waals surface area contributed by atoms with Crippen molar-refractivity contribution in [1.29, 1.82) is 0 Å². The summed E-state index contributed by atoms with van der Waals surface area (Å²) in [5.74, 6) is -0.905. The first kappa shape index (κ1) is 17.2. The minimum Gasteiger partial charge on any atom is -0.478 e. The smallest absolute Gasteiger partial charge is 0.335 e. The van der Waals surface area contributed by atoms with Gasteiger partial charge in [0.1, 0.15) is 0 Å². The lowest BCUT2D eigenvalue weighted by Gasteiger charge is -2.09. The maximum absolute atomic E-state index is 11.0. The summed E-state index contributed by atoms with van der Waals surface area (Å²) in [7, 11) is 0. The highest BCUT2D eigenvalue weighted by Crippen LogP contribution is 2.21. The third-order valence-corrected chi connectivity index (χ3v) is 3.42. The topological polar surface area (TPSA) is 63.3 Å². The van der Waals surface area contributed by atoms with Gasteiger partial charge in [-0.15, -0.1) is 12.4 Å². The van der Waals surface area contributed by atoms with Crippen molar-refractivity contribution in [2.75, 3.05) is 0 Å². The molecular formula is C17H20ClNO2. The summed E-state index contributed by atoms with van der Waals surface area (Å²) in [5.41, 5.74) is 9.38. The fourth-order valence-corrected chi connectivity index (χ4v) is 2.11. The Hall–Kier alpha value is -1.84. The van der Waals surface area contributed by atoms with Crippen molar-refractivity contribution in [3.8, 4) is 11.1 Å². The Balaban J connectivity index is 0.00000220. The normalized spacial score (nSPS) is 11.5. The number of carboxylic acid groups (broad SMARTS) is 1. The molecule has 1 atom stereocenters. The highest BCUT2D eigenvalue weighted by atomic mass is 35.5. The van der Waals surface area contributed by atoms with Gasteiger partial charge in [0.2, 0.25) is 0 Å². The molecule has 0 bridgehead atoms. The number of carboxylic acids is 1. The molecule has 0 radical (unpaired) electrons. The standard InChI is InChI=1S/C17H19NO2.ClH/c1-2-16(18)10-12-6-8-13(9-7-12)14-4-3-5-15(11-14)17(19)20;/h3-9,11,16H,2,10,18H2,1H3,(H,19,20);1H. The first-order valence-electron chi connectivity index (χ1n) is 6.78. The van der Waals surface area contributed by atoms with Crippen LogP contribution in [0.3, 0.4) is 0 Å². The van der Waals surface area contributed by atoms with E-state index < -0.39 is 5.97 Å². The number of benzene rings is 2. The molecule has 0 saturated carbocycles. The van der Waals surface area contributed by atoms with E-state index >= 15 is 0 Å². The first-order chi connectivity index (χ1) is 9.60. The van der Waals surface area contributed by atoms with E-state index in [1.54, 1.807) is 18.2 Å². The molecule has 0 aliphatic heterocycles. The first-order valence-corrected chi connectivity index (χ1v) is 6.78. The van der Waals surface area contributed by atoms with E-state index in [2.05, 4.69) is 19.1 Å². The summed E-state index contributed by atoms with van der Waals surface area (Å²) in [6, 6.07) is 15.3. The Kier molecular flexibility index (Phi) is 6.40. The van der Waals surface area contributed by atoms with Gasteiger partial charge in [-0.25, -0.2) is 4.79 Å². The van der Waals surface area contributed by atoms with Gasteiger partial charge in [-0.2, -0.15) is 0 Å². The average molecular weight is 306 g/mol. The van der Waals surface area contributed by atoms with Gasteiger partial charge in [0.15, 0.2) is 0 Å². The molecule has 2 aromatic carbocycles. The van der Waals surface area contributed by atoms with Gasteiger partial charge in [0.05, 0.1) is 5.56 Å². The van der Waals surface area contributed by atoms with Crippen LogP contribution in [0.1, 0.15) is 29.3 Å². The van der Waals surface area contributed by atoms with Gasteiger partial charge in [-0.1, -0.05) is 43.3 Å². The molecule has 21 heavy (non-hydrogen) atoms. The minimum atomic E-state index is -0.905. The van der Waals surface area contributed by atoms with Gasteiger partial charge >= 0.3 is 5.97 Å². The van der Waals surface area contributed by atoms with E-state index in [4.69, 9.17) is 10.8 Å². The predicted molar refractivity (Wildman–Crippen MR) is 88.1 cm³/mol. The van der Waals surface area contributed by atoms with Crippen molar-refractivity contribution >= 4 is 18.4 Å². The average Bonchev–Trinajstić information content (AvgIpc) is 2.48. The van der Waals surface area contributed by atoms with Gasteiger partial charge in [0.25, 0.3) is 0 Å². The Labute approximate surface area is 131 Å². The molecule has 0 aliphatic rings. The van der Waals surface area contributed by atoms with Crippen LogP contribution in [0.5, 0.6) is 0 Å². The number of aromatic carboxylic acids is 1. The molecule has 2 aromatic rings. The van der Waals surface area contributed by atoms with Crippen molar-refractivity contribution < 1.29 is 9.90 Å². The van der Waals surface area contributed by atoms with Crippen molar-refractivity contribution in [3.05, 3.63) is 59.7 Å². The quantitative estimate of drug-likeness (QED) is 0.884. The Morgan fingerprint density at radius 3 is 2.38 bits per heavy atom. The van der Waals surface area contributed by atoms with E-state index in [0.717, 1.165) is 24.0 Å². The van der Waals surface area contributed by atoms with E-state index in [1.165, 1.54) is 5.56 Å². The number of hydrogen-bond acceptors (Lipinski definition) is 2. The molecule has 0 spiro atoms. The maximum Gasteiger partial charge on any atom is 0.335 e.